The van der Waals surface area contributed by atoms with E-state index in [4.69, 9.17) is 23.1 Å². The lowest BCUT2D eigenvalue weighted by atomic mass is 10.00. The highest BCUT2D eigenvalue weighted by atomic mass is 35.5. The van der Waals surface area contributed by atoms with Gasteiger partial charge in [0.1, 0.15) is 5.65 Å². The van der Waals surface area contributed by atoms with Gasteiger partial charge in [-0.3, -0.25) is 9.56 Å². The molecule has 0 aliphatic heterocycles. The van der Waals surface area contributed by atoms with Gasteiger partial charge in [-0.15, -0.1) is 0 Å². The lowest BCUT2D eigenvalue weighted by Gasteiger charge is -2.19. The molecule has 0 bridgehead atoms. The third kappa shape index (κ3) is 7.94. The number of hydrogen-bond donors (Lipinski definition) is 4. The second-order valence-corrected chi connectivity index (χ2v) is 12.4. The van der Waals surface area contributed by atoms with E-state index < -0.39 is 11.5 Å². The van der Waals surface area contributed by atoms with Crippen LogP contribution in [0.2, 0.25) is 5.02 Å². The highest BCUT2D eigenvalue weighted by Gasteiger charge is 2.27. The predicted molar refractivity (Wildman–Crippen MR) is 178 cm³/mol. The number of nitrogens with one attached hydrogen (secondary N) is 2. The third-order valence-electron chi connectivity index (χ3n) is 8.35. The van der Waals surface area contributed by atoms with E-state index in [1.807, 2.05) is 36.4 Å². The van der Waals surface area contributed by atoms with Crippen LogP contribution in [0.15, 0.2) is 58.4 Å². The number of nitrogens with zero attached hydrogens (tertiary/aromatic N) is 3. The predicted octanol–water partition coefficient (Wildman–Crippen LogP) is 6.43. The van der Waals surface area contributed by atoms with E-state index in [9.17, 15) is 4.79 Å². The maximum Gasteiger partial charge on any atom is 0.354 e. The molecule has 10 heteroatoms. The van der Waals surface area contributed by atoms with E-state index in [0.717, 1.165) is 56.2 Å². The Labute approximate surface area is 263 Å². The summed E-state index contributed by atoms with van der Waals surface area (Å²) in [6.45, 7) is 5.50. The first-order valence-electron chi connectivity index (χ1n) is 15.7. The van der Waals surface area contributed by atoms with Gasteiger partial charge < -0.3 is 21.8 Å². The van der Waals surface area contributed by atoms with Gasteiger partial charge in [-0.1, -0.05) is 37.1 Å². The van der Waals surface area contributed by atoms with E-state index in [1.165, 1.54) is 17.4 Å². The molecule has 4 aromatic rings. The van der Waals surface area contributed by atoms with Crippen molar-refractivity contribution in [2.45, 2.75) is 77.3 Å². The first-order chi connectivity index (χ1) is 21.2. The summed E-state index contributed by atoms with van der Waals surface area (Å²) in [5, 5.41) is 4.39. The van der Waals surface area contributed by atoms with Gasteiger partial charge in [0.15, 0.2) is 5.82 Å². The molecule has 5 rings (SSSR count). The van der Waals surface area contributed by atoms with Crippen molar-refractivity contribution in [3.8, 4) is 16.9 Å². The molecule has 0 saturated heterocycles. The van der Waals surface area contributed by atoms with Crippen molar-refractivity contribution in [3.63, 3.8) is 0 Å². The molecule has 1 aliphatic carbocycles. The summed E-state index contributed by atoms with van der Waals surface area (Å²) >= 11 is 6.31. The van der Waals surface area contributed by atoms with Gasteiger partial charge in [-0.25, -0.2) is 9.18 Å². The van der Waals surface area contributed by atoms with Crippen LogP contribution in [-0.2, 0) is 6.42 Å². The minimum atomic E-state index is -0.500. The third-order valence-corrected chi connectivity index (χ3v) is 8.63. The molecule has 1 saturated carbocycles. The van der Waals surface area contributed by atoms with Crippen LogP contribution in [0, 0.1) is 11.7 Å². The van der Waals surface area contributed by atoms with E-state index in [-0.39, 0.29) is 17.1 Å². The highest BCUT2D eigenvalue weighted by Crippen LogP contribution is 2.34. The number of amidine groups is 1. The first-order valence-corrected chi connectivity index (χ1v) is 16.1. The van der Waals surface area contributed by atoms with E-state index in [1.54, 1.807) is 19.2 Å². The van der Waals surface area contributed by atoms with Crippen molar-refractivity contribution in [2.75, 3.05) is 13.1 Å². The minimum Gasteiger partial charge on any atom is -0.388 e. The van der Waals surface area contributed by atoms with Crippen molar-refractivity contribution in [3.05, 3.63) is 81.1 Å². The molecule has 2 unspecified atom stereocenters. The monoisotopic (exact) mass is 619 g/mol. The van der Waals surface area contributed by atoms with Gasteiger partial charge in [0.25, 0.3) is 0 Å². The maximum absolute atomic E-state index is 15.2. The topological polar surface area (TPSA) is 127 Å². The Bertz CT molecular complexity index is 1650. The number of aliphatic imine (C=N–C) groups is 1. The fourth-order valence-electron chi connectivity index (χ4n) is 5.77. The van der Waals surface area contributed by atoms with Crippen molar-refractivity contribution in [1.29, 1.82) is 0 Å². The van der Waals surface area contributed by atoms with Gasteiger partial charge in [-0.05, 0) is 106 Å². The lowest BCUT2D eigenvalue weighted by molar-refractivity contribution is 0.490. The standard InChI is InChI=1S/C34H43ClFN7O/c1-3-6-30(40-16-5-15-39-21(2)37)24-11-13-26(14-12-24)43-20-25-19-31(41-33(25)42-34(43)44)27-17-22(18-28(35)32(27)36)7-4-8-29(38)23-9-10-23/h11-14,17-20,23,29-30,40H,3-10,15-16,38H2,1-2H3,(H2,37,39)(H,41,42,44). The van der Waals surface area contributed by atoms with Crippen LogP contribution in [0.25, 0.3) is 28.0 Å². The van der Waals surface area contributed by atoms with Crippen molar-refractivity contribution < 1.29 is 4.39 Å². The first kappa shape index (κ1) is 31.9. The van der Waals surface area contributed by atoms with Crippen LogP contribution in [0.5, 0.6) is 0 Å². The second-order valence-electron chi connectivity index (χ2n) is 12.0. The largest absolute Gasteiger partial charge is 0.388 e. The van der Waals surface area contributed by atoms with Crippen LogP contribution in [-0.4, -0.2) is 39.5 Å². The minimum absolute atomic E-state index is 0.0744. The number of rotatable bonds is 15. The Morgan fingerprint density at radius 3 is 2.68 bits per heavy atom. The van der Waals surface area contributed by atoms with E-state index in [0.29, 0.717) is 46.3 Å². The zero-order chi connectivity index (χ0) is 31.2. The van der Waals surface area contributed by atoms with Crippen LogP contribution in [0.3, 0.4) is 0 Å². The van der Waals surface area contributed by atoms with Crippen molar-refractivity contribution in [1.82, 2.24) is 19.9 Å². The summed E-state index contributed by atoms with van der Waals surface area (Å²) in [7, 11) is 0. The van der Waals surface area contributed by atoms with Gasteiger partial charge in [0.05, 0.1) is 22.2 Å². The quantitative estimate of drug-likeness (QED) is 0.0693. The summed E-state index contributed by atoms with van der Waals surface area (Å²) in [5.41, 5.74) is 15.6. The molecule has 6 N–H and O–H groups in total. The zero-order valence-corrected chi connectivity index (χ0v) is 26.3. The van der Waals surface area contributed by atoms with Crippen molar-refractivity contribution >= 4 is 28.5 Å². The molecular formula is C34H43ClFN7O. The Balaban J connectivity index is 1.33. The lowest BCUT2D eigenvalue weighted by Crippen LogP contribution is -2.23. The molecule has 2 aromatic heterocycles. The van der Waals surface area contributed by atoms with Crippen LogP contribution >= 0.6 is 11.6 Å². The van der Waals surface area contributed by atoms with Gasteiger partial charge in [0, 0.05) is 35.8 Å². The molecule has 8 nitrogen and oxygen atoms in total. The molecular weight excluding hydrogens is 577 g/mol. The molecule has 2 atom stereocenters. The fourth-order valence-corrected chi connectivity index (χ4v) is 6.01. The molecule has 0 amide bonds. The Kier molecular flexibility index (Phi) is 10.5. The summed E-state index contributed by atoms with van der Waals surface area (Å²) < 4.78 is 16.7. The van der Waals surface area contributed by atoms with Gasteiger partial charge in [-0.2, -0.15) is 4.98 Å². The molecule has 1 aliphatic rings. The average molecular weight is 620 g/mol. The number of H-pyrrole nitrogens is 1. The summed E-state index contributed by atoms with van der Waals surface area (Å²) in [4.78, 5) is 24.7. The molecule has 1 fully saturated rings. The normalized spacial score (nSPS) is 15.2. The number of aromatic amines is 1. The summed E-state index contributed by atoms with van der Waals surface area (Å²) in [6, 6.07) is 13.7. The molecule has 2 aromatic carbocycles. The molecule has 44 heavy (non-hydrogen) atoms. The van der Waals surface area contributed by atoms with Gasteiger partial charge >= 0.3 is 5.69 Å². The smallest absolute Gasteiger partial charge is 0.354 e. The SMILES string of the molecule is CCCC(NCCCN=C(C)N)c1ccc(-n2cc3cc(-c4cc(CCCC(N)C5CC5)cc(Cl)c4F)[nH]c3nc2=O)cc1. The van der Waals surface area contributed by atoms with Crippen LogP contribution < -0.4 is 22.5 Å². The fraction of sp³-hybridized carbons (Fsp3) is 0.441. The molecule has 0 radical (unpaired) electrons. The second kappa shape index (κ2) is 14.5. The highest BCUT2D eigenvalue weighted by molar-refractivity contribution is 6.31. The molecule has 234 valence electrons. The summed E-state index contributed by atoms with van der Waals surface area (Å²) in [6.07, 6.45) is 9.76. The van der Waals surface area contributed by atoms with Crippen molar-refractivity contribution in [2.24, 2.45) is 22.4 Å². The number of aryl methyl sites for hydroxylation is 1. The zero-order valence-electron chi connectivity index (χ0n) is 25.6. The number of nitrogens with two attached hydrogens (primary N) is 2. The number of benzene rings is 2. The number of aromatic nitrogens is 3. The number of hydrogen-bond acceptors (Lipinski definition) is 5. The Morgan fingerprint density at radius 2 is 1.98 bits per heavy atom. The maximum atomic E-state index is 15.2. The van der Waals surface area contributed by atoms with Crippen LogP contribution in [0.4, 0.5) is 4.39 Å². The Morgan fingerprint density at radius 1 is 1.20 bits per heavy atom. The summed E-state index contributed by atoms with van der Waals surface area (Å²) in [5.74, 6) is 0.760. The number of fused-ring (bicyclic) bond motifs is 1. The number of halogens is 2. The van der Waals surface area contributed by atoms with E-state index >= 15 is 4.39 Å². The average Bonchev–Trinajstić information content (AvgIpc) is 3.78. The Hall–Kier alpha value is -3.53. The van der Waals surface area contributed by atoms with Gasteiger partial charge in [0.2, 0.25) is 0 Å². The van der Waals surface area contributed by atoms with Crippen LogP contribution in [0.1, 0.15) is 76.0 Å². The molecule has 2 heterocycles. The van der Waals surface area contributed by atoms with E-state index in [2.05, 4.69) is 27.2 Å². The molecule has 0 spiro atoms.